The molecule has 1 aromatic rings. The molecule has 1 aromatic carbocycles. The molecule has 0 radical (unpaired) electrons. The van der Waals surface area contributed by atoms with E-state index in [-0.39, 0.29) is 12.0 Å². The molecule has 29 heavy (non-hydrogen) atoms. The molecule has 0 aromatic heterocycles. The molecule has 3 rings (SSSR count). The summed E-state index contributed by atoms with van der Waals surface area (Å²) in [4.78, 5) is 19.2. The highest BCUT2D eigenvalue weighted by atomic mass is 32.2. The summed E-state index contributed by atoms with van der Waals surface area (Å²) in [6, 6.07) is 8.40. The van der Waals surface area contributed by atoms with Crippen LogP contribution in [0.3, 0.4) is 0 Å². The summed E-state index contributed by atoms with van der Waals surface area (Å²) in [6.07, 6.45) is 2.37. The Morgan fingerprint density at radius 3 is 2.45 bits per heavy atom. The third kappa shape index (κ3) is 7.09. The molecule has 2 heterocycles. The zero-order valence-electron chi connectivity index (χ0n) is 18.0. The maximum absolute atomic E-state index is 12.7. The minimum absolute atomic E-state index is 0.0514. The van der Waals surface area contributed by atoms with Crippen LogP contribution in [0.25, 0.3) is 0 Å². The number of carbonyl (C=O) groups is 1. The Morgan fingerprint density at radius 2 is 1.79 bits per heavy atom. The summed E-state index contributed by atoms with van der Waals surface area (Å²) in [6.45, 7) is 3.80. The third-order valence-electron chi connectivity index (χ3n) is 5.60. The Bertz CT molecular complexity index is 643. The molecule has 2 fully saturated rings. The molecule has 2 aliphatic rings. The standard InChI is InChI=1S/C22H35N3O2S2/c1-23(2)11-12-24(3)22(26)18-5-4-6-21(15-18)27-20-7-9-25(10-8-20)19-16-28-13-14-29-17-19/h4-6,15,19-20H,7-14,16-17H2,1-3H3. The first-order valence-electron chi connectivity index (χ1n) is 10.6. The van der Waals surface area contributed by atoms with Crippen molar-refractivity contribution in [3.63, 3.8) is 0 Å². The second kappa shape index (κ2) is 11.5. The van der Waals surface area contributed by atoms with Crippen LogP contribution in [0, 0.1) is 0 Å². The molecule has 0 atom stereocenters. The van der Waals surface area contributed by atoms with Crippen molar-refractivity contribution in [2.24, 2.45) is 0 Å². The number of hydrogen-bond acceptors (Lipinski definition) is 6. The van der Waals surface area contributed by atoms with Gasteiger partial charge in [-0.2, -0.15) is 23.5 Å². The fourth-order valence-corrected chi connectivity index (χ4v) is 6.37. The molecule has 0 saturated carbocycles. The summed E-state index contributed by atoms with van der Waals surface area (Å²) in [7, 11) is 5.90. The van der Waals surface area contributed by atoms with Crippen LogP contribution in [0.1, 0.15) is 23.2 Å². The van der Waals surface area contributed by atoms with Crippen LogP contribution in [-0.2, 0) is 0 Å². The molecular formula is C22H35N3O2S2. The van der Waals surface area contributed by atoms with Gasteiger partial charge in [-0.15, -0.1) is 0 Å². The average molecular weight is 438 g/mol. The average Bonchev–Trinajstić information content (AvgIpc) is 3.02. The van der Waals surface area contributed by atoms with Gasteiger partial charge in [0.1, 0.15) is 11.9 Å². The minimum atomic E-state index is 0.0514. The summed E-state index contributed by atoms with van der Waals surface area (Å²) in [5.41, 5.74) is 0.702. The summed E-state index contributed by atoms with van der Waals surface area (Å²) in [5, 5.41) is 0. The van der Waals surface area contributed by atoms with Crippen molar-refractivity contribution in [2.45, 2.75) is 25.0 Å². The second-order valence-electron chi connectivity index (χ2n) is 8.21. The van der Waals surface area contributed by atoms with E-state index in [1.807, 2.05) is 45.4 Å². The molecule has 162 valence electrons. The number of rotatable bonds is 7. The van der Waals surface area contributed by atoms with Crippen LogP contribution in [-0.4, -0.2) is 103 Å². The molecule has 7 heteroatoms. The fraction of sp³-hybridized carbons (Fsp3) is 0.682. The lowest BCUT2D eigenvalue weighted by atomic mass is 10.1. The number of benzene rings is 1. The summed E-state index contributed by atoms with van der Waals surface area (Å²) in [5.74, 6) is 5.99. The maximum atomic E-state index is 12.7. The van der Waals surface area contributed by atoms with Gasteiger partial charge in [0.15, 0.2) is 0 Å². The van der Waals surface area contributed by atoms with E-state index in [2.05, 4.69) is 33.3 Å². The van der Waals surface area contributed by atoms with E-state index in [9.17, 15) is 4.79 Å². The van der Waals surface area contributed by atoms with Gasteiger partial charge in [0.05, 0.1) is 0 Å². The largest absolute Gasteiger partial charge is 0.490 e. The van der Waals surface area contributed by atoms with E-state index < -0.39 is 0 Å². The van der Waals surface area contributed by atoms with Crippen molar-refractivity contribution in [2.75, 3.05) is 70.3 Å². The van der Waals surface area contributed by atoms with Crippen LogP contribution < -0.4 is 4.74 Å². The molecule has 0 unspecified atom stereocenters. The van der Waals surface area contributed by atoms with Crippen LogP contribution in [0.2, 0.25) is 0 Å². The van der Waals surface area contributed by atoms with E-state index in [1.54, 1.807) is 4.90 Å². The normalized spacial score (nSPS) is 19.9. The molecule has 0 N–H and O–H groups in total. The highest BCUT2D eigenvalue weighted by Crippen LogP contribution is 2.25. The molecule has 1 amide bonds. The third-order valence-corrected chi connectivity index (χ3v) is 8.08. The van der Waals surface area contributed by atoms with Gasteiger partial charge in [0.2, 0.25) is 0 Å². The van der Waals surface area contributed by atoms with Gasteiger partial charge in [-0.1, -0.05) is 6.07 Å². The Kier molecular flexibility index (Phi) is 9.03. The van der Waals surface area contributed by atoms with Crippen molar-refractivity contribution in [1.29, 1.82) is 0 Å². The van der Waals surface area contributed by atoms with Crippen molar-refractivity contribution in [3.8, 4) is 5.75 Å². The Balaban J connectivity index is 1.50. The van der Waals surface area contributed by atoms with E-state index in [1.165, 1.54) is 23.0 Å². The first kappa shape index (κ1) is 22.8. The molecule has 0 bridgehead atoms. The number of likely N-dealkylation sites (tertiary alicyclic amines) is 1. The lowest BCUT2D eigenvalue weighted by Crippen LogP contribution is -2.46. The number of piperidine rings is 1. The predicted octanol–water partition coefficient (Wildman–Crippen LogP) is 3.01. The number of likely N-dealkylation sites (N-methyl/N-ethyl adjacent to an activating group) is 2. The Hall–Kier alpha value is -0.890. The monoisotopic (exact) mass is 437 g/mol. The number of nitrogens with zero attached hydrogens (tertiary/aromatic N) is 3. The molecule has 2 aliphatic heterocycles. The lowest BCUT2D eigenvalue weighted by molar-refractivity contribution is 0.0779. The number of thioether (sulfide) groups is 2. The van der Waals surface area contributed by atoms with Crippen molar-refractivity contribution in [3.05, 3.63) is 29.8 Å². The zero-order valence-corrected chi connectivity index (χ0v) is 19.6. The van der Waals surface area contributed by atoms with E-state index in [0.29, 0.717) is 18.2 Å². The topological polar surface area (TPSA) is 36.0 Å². The van der Waals surface area contributed by atoms with Crippen molar-refractivity contribution < 1.29 is 9.53 Å². The van der Waals surface area contributed by atoms with Gasteiger partial charge in [0.25, 0.3) is 5.91 Å². The van der Waals surface area contributed by atoms with Crippen molar-refractivity contribution in [1.82, 2.24) is 14.7 Å². The van der Waals surface area contributed by atoms with Crippen LogP contribution in [0.4, 0.5) is 0 Å². The van der Waals surface area contributed by atoms with E-state index >= 15 is 0 Å². The number of hydrogen-bond donors (Lipinski definition) is 0. The SMILES string of the molecule is CN(C)CCN(C)C(=O)c1cccc(OC2CCN(C3CSCCSC3)CC2)c1. The number of ether oxygens (including phenoxy) is 1. The van der Waals surface area contributed by atoms with Gasteiger partial charge in [-0.3, -0.25) is 9.69 Å². The first-order valence-corrected chi connectivity index (χ1v) is 12.9. The quantitative estimate of drug-likeness (QED) is 0.653. The highest BCUT2D eigenvalue weighted by molar-refractivity contribution is 8.03. The van der Waals surface area contributed by atoms with Crippen LogP contribution in [0.5, 0.6) is 5.75 Å². The smallest absolute Gasteiger partial charge is 0.253 e. The summed E-state index contributed by atoms with van der Waals surface area (Å²) < 4.78 is 6.27. The van der Waals surface area contributed by atoms with Gasteiger partial charge >= 0.3 is 0 Å². The Morgan fingerprint density at radius 1 is 1.10 bits per heavy atom. The summed E-state index contributed by atoms with van der Waals surface area (Å²) >= 11 is 4.20. The number of amides is 1. The molecule has 2 saturated heterocycles. The van der Waals surface area contributed by atoms with Crippen LogP contribution in [0.15, 0.2) is 24.3 Å². The maximum Gasteiger partial charge on any atom is 0.253 e. The van der Waals surface area contributed by atoms with E-state index in [4.69, 9.17) is 4.74 Å². The molecule has 5 nitrogen and oxygen atoms in total. The van der Waals surface area contributed by atoms with Gasteiger partial charge in [-0.25, -0.2) is 0 Å². The van der Waals surface area contributed by atoms with Gasteiger partial charge in [0, 0.05) is 67.8 Å². The van der Waals surface area contributed by atoms with Gasteiger partial charge < -0.3 is 14.5 Å². The lowest BCUT2D eigenvalue weighted by Gasteiger charge is -2.37. The fourth-order valence-electron chi connectivity index (χ4n) is 3.74. The zero-order chi connectivity index (χ0) is 20.6. The molecular weight excluding hydrogens is 402 g/mol. The Labute approximate surface area is 184 Å². The molecule has 0 spiro atoms. The van der Waals surface area contributed by atoms with Gasteiger partial charge in [-0.05, 0) is 45.1 Å². The highest BCUT2D eigenvalue weighted by Gasteiger charge is 2.27. The van der Waals surface area contributed by atoms with Crippen molar-refractivity contribution >= 4 is 29.4 Å². The van der Waals surface area contributed by atoms with Crippen LogP contribution >= 0.6 is 23.5 Å². The minimum Gasteiger partial charge on any atom is -0.490 e. The first-order chi connectivity index (χ1) is 14.0. The second-order valence-corrected chi connectivity index (χ2v) is 10.5. The van der Waals surface area contributed by atoms with E-state index in [0.717, 1.165) is 38.2 Å². The predicted molar refractivity (Wildman–Crippen MR) is 126 cm³/mol. The number of carbonyl (C=O) groups excluding carboxylic acids is 1. The molecule has 0 aliphatic carbocycles.